The van der Waals surface area contributed by atoms with Gasteiger partial charge in [-0.25, -0.2) is 0 Å². The van der Waals surface area contributed by atoms with Gasteiger partial charge in [0.15, 0.2) is 0 Å². The number of amides is 1. The molecule has 1 fully saturated rings. The largest absolute Gasteiger partial charge is 0.495 e. The van der Waals surface area contributed by atoms with Crippen LogP contribution in [-0.4, -0.2) is 43.2 Å². The summed E-state index contributed by atoms with van der Waals surface area (Å²) in [5.74, 6) is -0.486. The number of ether oxygens (including phenoxy) is 1. The van der Waals surface area contributed by atoms with Crippen molar-refractivity contribution in [3.63, 3.8) is 0 Å². The Morgan fingerprint density at radius 2 is 2.17 bits per heavy atom. The van der Waals surface area contributed by atoms with E-state index in [0.717, 1.165) is 24.4 Å². The number of nitrogens with zero attached hydrogens (tertiary/aromatic N) is 1. The topological polar surface area (TPSA) is 78.9 Å². The molecule has 0 aliphatic carbocycles. The summed E-state index contributed by atoms with van der Waals surface area (Å²) in [6, 6.07) is 5.41. The van der Waals surface area contributed by atoms with Gasteiger partial charge in [-0.2, -0.15) is 0 Å². The third-order valence-corrected chi connectivity index (χ3v) is 4.45. The van der Waals surface area contributed by atoms with Gasteiger partial charge in [0, 0.05) is 30.6 Å². The minimum absolute atomic E-state index is 0.0224. The van der Waals surface area contributed by atoms with Crippen LogP contribution in [0.1, 0.15) is 26.7 Å². The highest BCUT2D eigenvalue weighted by molar-refractivity contribution is 6.30. The van der Waals surface area contributed by atoms with Crippen molar-refractivity contribution in [3.05, 3.63) is 23.2 Å². The Kier molecular flexibility index (Phi) is 5.59. The van der Waals surface area contributed by atoms with Crippen molar-refractivity contribution in [2.24, 2.45) is 5.41 Å². The number of halogens is 1. The monoisotopic (exact) mass is 354 g/mol. The molecule has 0 bridgehead atoms. The third kappa shape index (κ3) is 4.32. The zero-order valence-corrected chi connectivity index (χ0v) is 14.9. The Bertz CT molecular complexity index is 633. The number of carbonyl (C=O) groups is 2. The summed E-state index contributed by atoms with van der Waals surface area (Å²) < 4.78 is 5.37. The molecule has 1 unspecified atom stereocenters. The van der Waals surface area contributed by atoms with Gasteiger partial charge in [-0.1, -0.05) is 11.6 Å². The lowest BCUT2D eigenvalue weighted by molar-refractivity contribution is -0.149. The van der Waals surface area contributed by atoms with E-state index >= 15 is 0 Å². The van der Waals surface area contributed by atoms with Crippen LogP contribution in [0, 0.1) is 5.41 Å². The van der Waals surface area contributed by atoms with Crippen LogP contribution in [0.2, 0.25) is 5.02 Å². The van der Waals surface area contributed by atoms with Crippen LogP contribution in [0.4, 0.5) is 5.69 Å². The summed E-state index contributed by atoms with van der Waals surface area (Å²) in [6.07, 6.45) is 0.744. The van der Waals surface area contributed by atoms with Gasteiger partial charge in [-0.15, -0.1) is 0 Å². The summed E-state index contributed by atoms with van der Waals surface area (Å²) in [5, 5.41) is 12.7. The Hall–Kier alpha value is -1.95. The molecule has 24 heavy (non-hydrogen) atoms. The predicted octanol–water partition coefficient (Wildman–Crippen LogP) is 2.54. The summed E-state index contributed by atoms with van der Waals surface area (Å²) in [4.78, 5) is 25.3. The van der Waals surface area contributed by atoms with Crippen LogP contribution in [0.25, 0.3) is 0 Å². The van der Waals surface area contributed by atoms with E-state index < -0.39 is 11.4 Å². The van der Waals surface area contributed by atoms with Crippen molar-refractivity contribution in [1.29, 1.82) is 0 Å². The van der Waals surface area contributed by atoms with E-state index in [0.29, 0.717) is 11.6 Å². The number of hydrogen-bond donors (Lipinski definition) is 2. The summed E-state index contributed by atoms with van der Waals surface area (Å²) >= 11 is 6.07. The molecule has 6 nitrogen and oxygen atoms in total. The Balaban J connectivity index is 1.97. The normalized spacial score (nSPS) is 17.7. The van der Waals surface area contributed by atoms with Crippen molar-refractivity contribution in [2.45, 2.75) is 32.7 Å². The first-order valence-electron chi connectivity index (χ1n) is 7.84. The molecule has 1 aromatic rings. The second kappa shape index (κ2) is 7.30. The molecular weight excluding hydrogens is 332 g/mol. The van der Waals surface area contributed by atoms with Crippen molar-refractivity contribution in [3.8, 4) is 5.75 Å². The van der Waals surface area contributed by atoms with Gasteiger partial charge in [0.2, 0.25) is 5.91 Å². The smallest absolute Gasteiger partial charge is 0.309 e. The average molecular weight is 355 g/mol. The summed E-state index contributed by atoms with van der Waals surface area (Å²) in [6.45, 7) is 4.50. The van der Waals surface area contributed by atoms with Gasteiger partial charge >= 0.3 is 5.97 Å². The third-order valence-electron chi connectivity index (χ3n) is 4.22. The molecule has 1 atom stereocenters. The van der Waals surface area contributed by atoms with E-state index in [9.17, 15) is 9.59 Å². The van der Waals surface area contributed by atoms with Gasteiger partial charge < -0.3 is 20.1 Å². The zero-order chi connectivity index (χ0) is 17.9. The van der Waals surface area contributed by atoms with E-state index in [4.69, 9.17) is 21.4 Å². The quantitative estimate of drug-likeness (QED) is 0.820. The number of carboxylic acids is 1. The molecule has 1 heterocycles. The molecule has 2 N–H and O–H groups in total. The summed E-state index contributed by atoms with van der Waals surface area (Å²) in [5.41, 5.74) is -0.175. The SMILES string of the molecule is COc1ccc(Cl)cc1N1CCC(NC(=O)CC(C)(C)C(=O)O)C1. The highest BCUT2D eigenvalue weighted by Crippen LogP contribution is 2.33. The fourth-order valence-corrected chi connectivity index (χ4v) is 2.93. The highest BCUT2D eigenvalue weighted by atomic mass is 35.5. The highest BCUT2D eigenvalue weighted by Gasteiger charge is 2.32. The van der Waals surface area contributed by atoms with E-state index in [-0.39, 0.29) is 18.4 Å². The molecule has 0 radical (unpaired) electrons. The second-order valence-electron chi connectivity index (χ2n) is 6.68. The molecule has 7 heteroatoms. The summed E-state index contributed by atoms with van der Waals surface area (Å²) in [7, 11) is 1.61. The van der Waals surface area contributed by atoms with Gasteiger partial charge in [0.25, 0.3) is 0 Å². The standard InChI is InChI=1S/C17H23ClN2O4/c1-17(2,16(22)23)9-15(21)19-12-6-7-20(10-12)13-8-11(18)4-5-14(13)24-3/h4-5,8,12H,6-7,9-10H2,1-3H3,(H,19,21)(H,22,23). The first kappa shape index (κ1) is 18.4. The van der Waals surface area contributed by atoms with Crippen LogP contribution >= 0.6 is 11.6 Å². The number of rotatable bonds is 6. The predicted molar refractivity (Wildman–Crippen MR) is 92.8 cm³/mol. The van der Waals surface area contributed by atoms with Gasteiger partial charge in [-0.05, 0) is 38.5 Å². The fraction of sp³-hybridized carbons (Fsp3) is 0.529. The lowest BCUT2D eigenvalue weighted by Crippen LogP contribution is -2.40. The minimum Gasteiger partial charge on any atom is -0.495 e. The molecule has 0 spiro atoms. The fourth-order valence-electron chi connectivity index (χ4n) is 2.76. The van der Waals surface area contributed by atoms with Crippen molar-refractivity contribution in [1.82, 2.24) is 5.32 Å². The van der Waals surface area contributed by atoms with E-state index in [1.165, 1.54) is 0 Å². The van der Waals surface area contributed by atoms with E-state index in [1.807, 2.05) is 12.1 Å². The molecule has 1 amide bonds. The lowest BCUT2D eigenvalue weighted by Gasteiger charge is -2.23. The molecule has 1 aliphatic heterocycles. The second-order valence-corrected chi connectivity index (χ2v) is 7.12. The van der Waals surface area contributed by atoms with Crippen molar-refractivity contribution < 1.29 is 19.4 Å². The number of benzene rings is 1. The number of carboxylic acid groups (broad SMARTS) is 1. The molecule has 0 aromatic heterocycles. The number of hydrogen-bond acceptors (Lipinski definition) is 4. The maximum Gasteiger partial charge on any atom is 0.309 e. The van der Waals surface area contributed by atoms with Crippen molar-refractivity contribution >= 4 is 29.2 Å². The maximum atomic E-state index is 12.1. The number of anilines is 1. The molecule has 1 aliphatic rings. The maximum absolute atomic E-state index is 12.1. The number of nitrogens with one attached hydrogen (secondary N) is 1. The molecule has 0 saturated carbocycles. The number of aliphatic carboxylic acids is 1. The number of carbonyl (C=O) groups excluding carboxylic acids is 1. The molecule has 2 rings (SSSR count). The van der Waals surface area contributed by atoms with Crippen LogP contribution in [0.15, 0.2) is 18.2 Å². The molecule has 1 aromatic carbocycles. The van der Waals surface area contributed by atoms with Crippen LogP contribution in [0.3, 0.4) is 0 Å². The minimum atomic E-state index is -1.07. The van der Waals surface area contributed by atoms with E-state index in [1.54, 1.807) is 27.0 Å². The van der Waals surface area contributed by atoms with Gasteiger partial charge in [0.1, 0.15) is 5.75 Å². The van der Waals surface area contributed by atoms with Crippen LogP contribution in [-0.2, 0) is 9.59 Å². The molecular formula is C17H23ClN2O4. The lowest BCUT2D eigenvalue weighted by atomic mass is 9.89. The Labute approximate surface area is 146 Å². The van der Waals surface area contributed by atoms with Crippen LogP contribution in [0.5, 0.6) is 5.75 Å². The van der Waals surface area contributed by atoms with E-state index in [2.05, 4.69) is 10.2 Å². The zero-order valence-electron chi connectivity index (χ0n) is 14.1. The van der Waals surface area contributed by atoms with Gasteiger partial charge in [-0.3, -0.25) is 9.59 Å². The van der Waals surface area contributed by atoms with Crippen LogP contribution < -0.4 is 15.0 Å². The average Bonchev–Trinajstić information content (AvgIpc) is 2.94. The Morgan fingerprint density at radius 3 is 2.79 bits per heavy atom. The first-order valence-corrected chi connectivity index (χ1v) is 8.22. The number of methoxy groups -OCH3 is 1. The molecule has 132 valence electrons. The Morgan fingerprint density at radius 1 is 1.46 bits per heavy atom. The molecule has 1 saturated heterocycles. The first-order chi connectivity index (χ1) is 11.2. The van der Waals surface area contributed by atoms with Crippen molar-refractivity contribution in [2.75, 3.05) is 25.1 Å². The van der Waals surface area contributed by atoms with Gasteiger partial charge in [0.05, 0.1) is 18.2 Å².